The Kier molecular flexibility index (Phi) is 9.29. The van der Waals surface area contributed by atoms with Gasteiger partial charge in [-0.2, -0.15) is 0 Å². The number of rotatable bonds is 12. The molecule has 0 saturated heterocycles. The molecule has 0 aromatic heterocycles. The maximum absolute atomic E-state index is 12.7. The second-order valence-corrected chi connectivity index (χ2v) is 9.53. The van der Waals surface area contributed by atoms with E-state index < -0.39 is 24.1 Å². The fraction of sp³-hybridized carbons (Fsp3) is 0.464. The third-order valence-corrected chi connectivity index (χ3v) is 6.55. The van der Waals surface area contributed by atoms with E-state index in [0.717, 1.165) is 35.1 Å². The SMILES string of the molecule is CCCC[C@H](CC(=O)O)NC(=O)CC(NC(=O)OCC1c2ccccc2-c2ccccc21)C(C)C. The van der Waals surface area contributed by atoms with Gasteiger partial charge >= 0.3 is 12.1 Å². The molecule has 0 radical (unpaired) electrons. The predicted octanol–water partition coefficient (Wildman–Crippen LogP) is 5.09. The van der Waals surface area contributed by atoms with Crippen LogP contribution in [0.4, 0.5) is 4.79 Å². The van der Waals surface area contributed by atoms with E-state index in [1.54, 1.807) is 0 Å². The predicted molar refractivity (Wildman–Crippen MR) is 135 cm³/mol. The lowest BCUT2D eigenvalue weighted by atomic mass is 9.98. The van der Waals surface area contributed by atoms with Gasteiger partial charge in [-0.3, -0.25) is 9.59 Å². The van der Waals surface area contributed by atoms with Crippen molar-refractivity contribution in [3.63, 3.8) is 0 Å². The number of hydrogen-bond donors (Lipinski definition) is 3. The fourth-order valence-corrected chi connectivity index (χ4v) is 4.62. The standard InChI is InChI=1S/C28H36N2O5/c1-4-5-10-19(15-27(32)33)29-26(31)16-25(18(2)3)30-28(34)35-17-24-22-13-8-6-11-20(22)21-12-7-9-14-23(21)24/h6-9,11-14,18-19,24-25H,4-5,10,15-17H2,1-3H3,(H,29,31)(H,30,34)(H,32,33)/t19-,25?/m1/s1. The third-order valence-electron chi connectivity index (χ3n) is 6.55. The van der Waals surface area contributed by atoms with Crippen LogP contribution >= 0.6 is 0 Å². The summed E-state index contributed by atoms with van der Waals surface area (Å²) < 4.78 is 5.63. The molecule has 0 fully saturated rings. The number of unbranched alkanes of at least 4 members (excludes halogenated alkanes) is 1. The number of nitrogens with one attached hydrogen (secondary N) is 2. The molecule has 3 rings (SSSR count). The van der Waals surface area contributed by atoms with E-state index in [1.807, 2.05) is 45.0 Å². The number of carbonyl (C=O) groups excluding carboxylic acids is 2. The molecular formula is C28H36N2O5. The van der Waals surface area contributed by atoms with Crippen molar-refractivity contribution in [1.82, 2.24) is 10.6 Å². The Bertz CT molecular complexity index is 990. The molecule has 7 heteroatoms. The maximum atomic E-state index is 12.7. The van der Waals surface area contributed by atoms with Crippen molar-refractivity contribution in [3.8, 4) is 11.1 Å². The first-order chi connectivity index (χ1) is 16.8. The van der Waals surface area contributed by atoms with Crippen molar-refractivity contribution in [1.29, 1.82) is 0 Å². The van der Waals surface area contributed by atoms with Crippen LogP contribution in [-0.4, -0.2) is 41.8 Å². The van der Waals surface area contributed by atoms with Crippen LogP contribution < -0.4 is 10.6 Å². The lowest BCUT2D eigenvalue weighted by Crippen LogP contribution is -2.45. The van der Waals surface area contributed by atoms with Crippen molar-refractivity contribution in [3.05, 3.63) is 59.7 Å². The maximum Gasteiger partial charge on any atom is 0.407 e. The number of benzene rings is 2. The highest BCUT2D eigenvalue weighted by Crippen LogP contribution is 2.44. The zero-order valence-electron chi connectivity index (χ0n) is 20.8. The number of carbonyl (C=O) groups is 3. The minimum absolute atomic E-state index is 0.00482. The van der Waals surface area contributed by atoms with Gasteiger partial charge in [0.25, 0.3) is 0 Å². The summed E-state index contributed by atoms with van der Waals surface area (Å²) in [5.41, 5.74) is 4.59. The molecule has 2 aromatic rings. The van der Waals surface area contributed by atoms with Crippen molar-refractivity contribution in [2.24, 2.45) is 5.92 Å². The zero-order chi connectivity index (χ0) is 25.4. The summed E-state index contributed by atoms with van der Waals surface area (Å²) in [5, 5.41) is 14.8. The van der Waals surface area contributed by atoms with Crippen LogP contribution in [0.15, 0.2) is 48.5 Å². The number of carboxylic acids is 1. The van der Waals surface area contributed by atoms with Crippen molar-refractivity contribution in [2.75, 3.05) is 6.61 Å². The minimum atomic E-state index is -0.941. The molecule has 0 aliphatic heterocycles. The van der Waals surface area contributed by atoms with Gasteiger partial charge in [-0.05, 0) is 34.6 Å². The Hall–Kier alpha value is -3.35. The molecule has 2 amide bonds. The number of fused-ring (bicyclic) bond motifs is 3. The van der Waals surface area contributed by atoms with E-state index in [1.165, 1.54) is 0 Å². The van der Waals surface area contributed by atoms with Gasteiger partial charge in [0.1, 0.15) is 6.61 Å². The normalized spacial score (nSPS) is 14.1. The molecule has 35 heavy (non-hydrogen) atoms. The number of alkyl carbamates (subject to hydrolysis) is 1. The Balaban J connectivity index is 1.57. The lowest BCUT2D eigenvalue weighted by Gasteiger charge is -2.24. The van der Waals surface area contributed by atoms with Gasteiger partial charge in [-0.25, -0.2) is 4.79 Å². The highest BCUT2D eigenvalue weighted by Gasteiger charge is 2.30. The molecule has 0 heterocycles. The van der Waals surface area contributed by atoms with Crippen molar-refractivity contribution >= 4 is 18.0 Å². The molecule has 2 aromatic carbocycles. The average molecular weight is 481 g/mol. The Morgan fingerprint density at radius 1 is 0.943 bits per heavy atom. The van der Waals surface area contributed by atoms with Crippen LogP contribution in [0.5, 0.6) is 0 Å². The van der Waals surface area contributed by atoms with Gasteiger partial charge in [-0.15, -0.1) is 0 Å². The molecule has 188 valence electrons. The minimum Gasteiger partial charge on any atom is -0.481 e. The average Bonchev–Trinajstić information content (AvgIpc) is 3.14. The molecule has 0 saturated carbocycles. The fourth-order valence-electron chi connectivity index (χ4n) is 4.62. The third kappa shape index (κ3) is 7.07. The van der Waals surface area contributed by atoms with Gasteiger partial charge < -0.3 is 20.5 Å². The first-order valence-electron chi connectivity index (χ1n) is 12.4. The molecular weight excluding hydrogens is 444 g/mol. The molecule has 0 spiro atoms. The summed E-state index contributed by atoms with van der Waals surface area (Å²) in [4.78, 5) is 36.5. The van der Waals surface area contributed by atoms with Gasteiger partial charge in [0, 0.05) is 24.4 Å². The van der Waals surface area contributed by atoms with Crippen LogP contribution in [0.2, 0.25) is 0 Å². The lowest BCUT2D eigenvalue weighted by molar-refractivity contribution is -0.137. The molecule has 1 aliphatic rings. The monoisotopic (exact) mass is 480 g/mol. The van der Waals surface area contributed by atoms with E-state index in [4.69, 9.17) is 9.84 Å². The van der Waals surface area contributed by atoms with Gasteiger partial charge in [0.05, 0.1) is 6.42 Å². The summed E-state index contributed by atoms with van der Waals surface area (Å²) in [6.45, 7) is 6.07. The summed E-state index contributed by atoms with van der Waals surface area (Å²) in [6.07, 6.45) is 1.75. The number of amides is 2. The van der Waals surface area contributed by atoms with Crippen LogP contribution in [0.1, 0.15) is 69.9 Å². The summed E-state index contributed by atoms with van der Waals surface area (Å²) in [6, 6.07) is 15.4. The van der Waals surface area contributed by atoms with Crippen molar-refractivity contribution < 1.29 is 24.2 Å². The topological polar surface area (TPSA) is 105 Å². The highest BCUT2D eigenvalue weighted by atomic mass is 16.5. The van der Waals surface area contributed by atoms with E-state index in [9.17, 15) is 14.4 Å². The number of ether oxygens (including phenoxy) is 1. The molecule has 0 bridgehead atoms. The zero-order valence-corrected chi connectivity index (χ0v) is 20.8. The summed E-state index contributed by atoms with van der Waals surface area (Å²) >= 11 is 0. The summed E-state index contributed by atoms with van der Waals surface area (Å²) in [5.74, 6) is -1.26. The second kappa shape index (κ2) is 12.4. The second-order valence-electron chi connectivity index (χ2n) is 9.53. The van der Waals surface area contributed by atoms with Crippen molar-refractivity contribution in [2.45, 2.75) is 70.9 Å². The largest absolute Gasteiger partial charge is 0.481 e. The van der Waals surface area contributed by atoms with E-state index in [-0.39, 0.29) is 37.2 Å². The molecule has 1 aliphatic carbocycles. The van der Waals surface area contributed by atoms with E-state index in [2.05, 4.69) is 34.9 Å². The van der Waals surface area contributed by atoms with Crippen LogP contribution in [0.3, 0.4) is 0 Å². The Labute approximate surface area is 207 Å². The van der Waals surface area contributed by atoms with Gasteiger partial charge in [0.15, 0.2) is 0 Å². The van der Waals surface area contributed by atoms with Crippen LogP contribution in [0, 0.1) is 5.92 Å². The van der Waals surface area contributed by atoms with Crippen LogP contribution in [-0.2, 0) is 14.3 Å². The Morgan fingerprint density at radius 3 is 2.09 bits per heavy atom. The molecule has 1 unspecified atom stereocenters. The molecule has 2 atom stereocenters. The Morgan fingerprint density at radius 2 is 1.54 bits per heavy atom. The summed E-state index contributed by atoms with van der Waals surface area (Å²) in [7, 11) is 0. The highest BCUT2D eigenvalue weighted by molar-refractivity contribution is 5.80. The van der Waals surface area contributed by atoms with Crippen LogP contribution in [0.25, 0.3) is 11.1 Å². The van der Waals surface area contributed by atoms with E-state index >= 15 is 0 Å². The first kappa shape index (κ1) is 26.3. The number of hydrogen-bond acceptors (Lipinski definition) is 4. The molecule has 7 nitrogen and oxygen atoms in total. The quantitative estimate of drug-likeness (QED) is 0.392. The molecule has 3 N–H and O–H groups in total. The smallest absolute Gasteiger partial charge is 0.407 e. The van der Waals surface area contributed by atoms with Gasteiger partial charge in [-0.1, -0.05) is 82.1 Å². The van der Waals surface area contributed by atoms with Gasteiger partial charge in [0.2, 0.25) is 5.91 Å². The first-order valence-corrected chi connectivity index (χ1v) is 12.4. The number of carboxylic acid groups (broad SMARTS) is 1. The number of aliphatic carboxylic acids is 1. The van der Waals surface area contributed by atoms with E-state index in [0.29, 0.717) is 6.42 Å².